The first-order valence-electron chi connectivity index (χ1n) is 6.63. The minimum absolute atomic E-state index is 0.0392. The lowest BCUT2D eigenvalue weighted by molar-refractivity contribution is -0.120. The normalized spacial score (nSPS) is 10.1. The van der Waals surface area contributed by atoms with E-state index < -0.39 is 0 Å². The van der Waals surface area contributed by atoms with Crippen molar-refractivity contribution in [2.45, 2.75) is 19.3 Å². The summed E-state index contributed by atoms with van der Waals surface area (Å²) in [6, 6.07) is 7.01. The number of carbonyl (C=O) groups excluding carboxylic acids is 2. The van der Waals surface area contributed by atoms with Crippen LogP contribution in [0.5, 0.6) is 5.75 Å². The van der Waals surface area contributed by atoms with Crippen LogP contribution in [-0.4, -0.2) is 39.1 Å². The molecule has 0 atom stereocenters. The highest BCUT2D eigenvalue weighted by Crippen LogP contribution is 2.14. The van der Waals surface area contributed by atoms with Crippen molar-refractivity contribution in [3.63, 3.8) is 0 Å². The summed E-state index contributed by atoms with van der Waals surface area (Å²) in [4.78, 5) is 22.9. The molecule has 20 heavy (non-hydrogen) atoms. The van der Waals surface area contributed by atoms with Gasteiger partial charge in [0.15, 0.2) is 5.78 Å². The first-order chi connectivity index (χ1) is 9.67. The van der Waals surface area contributed by atoms with Gasteiger partial charge in [-0.3, -0.25) is 9.59 Å². The lowest BCUT2D eigenvalue weighted by Crippen LogP contribution is -2.17. The summed E-state index contributed by atoms with van der Waals surface area (Å²) in [6.45, 7) is 1.01. The SMILES string of the molecule is CNC(=O)CCCC(=O)c1ccc(OCCOC)cc1. The first kappa shape index (κ1) is 16.2. The zero-order valence-corrected chi connectivity index (χ0v) is 12.0. The summed E-state index contributed by atoms with van der Waals surface area (Å²) in [5, 5.41) is 2.53. The van der Waals surface area contributed by atoms with Gasteiger partial charge in [-0.1, -0.05) is 0 Å². The van der Waals surface area contributed by atoms with Gasteiger partial charge in [-0.2, -0.15) is 0 Å². The molecule has 0 unspecified atom stereocenters. The van der Waals surface area contributed by atoms with Crippen molar-refractivity contribution >= 4 is 11.7 Å². The summed E-state index contributed by atoms with van der Waals surface area (Å²) in [5.41, 5.74) is 0.640. The molecular formula is C15H21NO4. The van der Waals surface area contributed by atoms with E-state index in [1.54, 1.807) is 38.4 Å². The van der Waals surface area contributed by atoms with Crippen LogP contribution in [0, 0.1) is 0 Å². The molecule has 0 aliphatic carbocycles. The van der Waals surface area contributed by atoms with Gasteiger partial charge in [0, 0.05) is 32.6 Å². The third kappa shape index (κ3) is 5.84. The highest BCUT2D eigenvalue weighted by atomic mass is 16.5. The maximum absolute atomic E-state index is 11.9. The van der Waals surface area contributed by atoms with Crippen LogP contribution in [0.25, 0.3) is 0 Å². The number of ketones is 1. The number of hydrogen-bond acceptors (Lipinski definition) is 4. The summed E-state index contributed by atoms with van der Waals surface area (Å²) < 4.78 is 10.3. The predicted octanol–water partition coefficient (Wildman–Crippen LogP) is 1.81. The van der Waals surface area contributed by atoms with Crippen molar-refractivity contribution < 1.29 is 19.1 Å². The number of benzene rings is 1. The van der Waals surface area contributed by atoms with E-state index in [2.05, 4.69) is 5.32 Å². The Morgan fingerprint density at radius 1 is 1.10 bits per heavy atom. The molecule has 5 nitrogen and oxygen atoms in total. The molecule has 110 valence electrons. The zero-order chi connectivity index (χ0) is 14.8. The molecule has 0 heterocycles. The molecule has 1 N–H and O–H groups in total. The van der Waals surface area contributed by atoms with Crippen molar-refractivity contribution in [1.82, 2.24) is 5.32 Å². The lowest BCUT2D eigenvalue weighted by Gasteiger charge is -2.06. The number of rotatable bonds is 9. The van der Waals surface area contributed by atoms with Crippen LogP contribution in [0.1, 0.15) is 29.6 Å². The van der Waals surface area contributed by atoms with Crippen LogP contribution in [0.15, 0.2) is 24.3 Å². The summed E-state index contributed by atoms with van der Waals surface area (Å²) in [6.07, 6.45) is 1.31. The third-order valence-corrected chi connectivity index (χ3v) is 2.82. The largest absolute Gasteiger partial charge is 0.491 e. The summed E-state index contributed by atoms with van der Waals surface area (Å²) >= 11 is 0. The summed E-state index contributed by atoms with van der Waals surface area (Å²) in [5.74, 6) is 0.709. The Bertz CT molecular complexity index is 428. The van der Waals surface area contributed by atoms with E-state index in [4.69, 9.17) is 9.47 Å². The Morgan fingerprint density at radius 2 is 1.80 bits per heavy atom. The summed E-state index contributed by atoms with van der Waals surface area (Å²) in [7, 11) is 3.20. The van der Waals surface area contributed by atoms with Crippen molar-refractivity contribution in [2.24, 2.45) is 0 Å². The minimum Gasteiger partial charge on any atom is -0.491 e. The quantitative estimate of drug-likeness (QED) is 0.553. The van der Waals surface area contributed by atoms with Gasteiger partial charge in [0.25, 0.3) is 0 Å². The maximum atomic E-state index is 11.9. The first-order valence-corrected chi connectivity index (χ1v) is 6.63. The number of ether oxygens (including phenoxy) is 2. The van der Waals surface area contributed by atoms with E-state index in [0.29, 0.717) is 43.8 Å². The van der Waals surface area contributed by atoms with E-state index in [9.17, 15) is 9.59 Å². The molecule has 1 rings (SSSR count). The molecule has 5 heteroatoms. The van der Waals surface area contributed by atoms with Crippen molar-refractivity contribution in [3.05, 3.63) is 29.8 Å². The van der Waals surface area contributed by atoms with Gasteiger partial charge in [0.05, 0.1) is 6.61 Å². The fourth-order valence-electron chi connectivity index (χ4n) is 1.66. The molecule has 0 aromatic heterocycles. The van der Waals surface area contributed by atoms with Gasteiger partial charge in [0.2, 0.25) is 5.91 Å². The Kier molecular flexibility index (Phi) is 7.35. The predicted molar refractivity (Wildman–Crippen MR) is 76.1 cm³/mol. The van der Waals surface area contributed by atoms with Gasteiger partial charge in [-0.15, -0.1) is 0 Å². The highest BCUT2D eigenvalue weighted by Gasteiger charge is 2.07. The second-order valence-corrected chi connectivity index (χ2v) is 4.32. The molecule has 1 amide bonds. The molecule has 0 spiro atoms. The van der Waals surface area contributed by atoms with Crippen LogP contribution < -0.4 is 10.1 Å². The molecule has 0 aliphatic rings. The number of hydrogen-bond donors (Lipinski definition) is 1. The molecule has 1 aromatic rings. The molecule has 0 fully saturated rings. The van der Waals surface area contributed by atoms with Crippen molar-refractivity contribution in [2.75, 3.05) is 27.4 Å². The van der Waals surface area contributed by atoms with Crippen LogP contribution in [-0.2, 0) is 9.53 Å². The molecule has 0 radical (unpaired) electrons. The number of methoxy groups -OCH3 is 1. The Labute approximate surface area is 119 Å². The lowest BCUT2D eigenvalue weighted by atomic mass is 10.1. The van der Waals surface area contributed by atoms with Gasteiger partial charge >= 0.3 is 0 Å². The second kappa shape index (κ2) is 9.09. The molecular weight excluding hydrogens is 258 g/mol. The number of nitrogens with one attached hydrogen (secondary N) is 1. The van der Waals surface area contributed by atoms with Crippen LogP contribution >= 0.6 is 0 Å². The maximum Gasteiger partial charge on any atom is 0.219 e. The second-order valence-electron chi connectivity index (χ2n) is 4.32. The fourth-order valence-corrected chi connectivity index (χ4v) is 1.66. The average Bonchev–Trinajstić information content (AvgIpc) is 2.48. The number of amides is 1. The topological polar surface area (TPSA) is 64.6 Å². The standard InChI is InChI=1S/C15H21NO4/c1-16-15(18)5-3-4-14(17)12-6-8-13(9-7-12)20-11-10-19-2/h6-9H,3-5,10-11H2,1-2H3,(H,16,18). The van der Waals surface area contributed by atoms with E-state index in [1.165, 1.54) is 0 Å². The highest BCUT2D eigenvalue weighted by molar-refractivity contribution is 5.96. The van der Waals surface area contributed by atoms with E-state index in [1.807, 2.05) is 0 Å². The van der Waals surface area contributed by atoms with Crippen LogP contribution in [0.4, 0.5) is 0 Å². The zero-order valence-electron chi connectivity index (χ0n) is 12.0. The Morgan fingerprint density at radius 3 is 2.40 bits per heavy atom. The van der Waals surface area contributed by atoms with E-state index in [-0.39, 0.29) is 11.7 Å². The van der Waals surface area contributed by atoms with E-state index >= 15 is 0 Å². The fraction of sp³-hybridized carbons (Fsp3) is 0.467. The number of carbonyl (C=O) groups is 2. The molecule has 0 bridgehead atoms. The minimum atomic E-state index is -0.0420. The smallest absolute Gasteiger partial charge is 0.219 e. The van der Waals surface area contributed by atoms with E-state index in [0.717, 1.165) is 0 Å². The van der Waals surface area contributed by atoms with Gasteiger partial charge in [-0.25, -0.2) is 0 Å². The van der Waals surface area contributed by atoms with Crippen molar-refractivity contribution in [1.29, 1.82) is 0 Å². The Balaban J connectivity index is 2.39. The molecule has 0 aliphatic heterocycles. The number of Topliss-reactive ketones (excluding diaryl/α,β-unsaturated/α-hetero) is 1. The molecule has 1 aromatic carbocycles. The Hall–Kier alpha value is -1.88. The van der Waals surface area contributed by atoms with Gasteiger partial charge in [-0.05, 0) is 30.7 Å². The third-order valence-electron chi connectivity index (χ3n) is 2.82. The van der Waals surface area contributed by atoms with Gasteiger partial charge < -0.3 is 14.8 Å². The van der Waals surface area contributed by atoms with Crippen molar-refractivity contribution in [3.8, 4) is 5.75 Å². The van der Waals surface area contributed by atoms with Gasteiger partial charge in [0.1, 0.15) is 12.4 Å². The van der Waals surface area contributed by atoms with Crippen LogP contribution in [0.2, 0.25) is 0 Å². The monoisotopic (exact) mass is 279 g/mol. The average molecular weight is 279 g/mol. The van der Waals surface area contributed by atoms with Crippen LogP contribution in [0.3, 0.4) is 0 Å². The molecule has 0 saturated carbocycles. The molecule has 0 saturated heterocycles.